The first kappa shape index (κ1) is 14.6. The van der Waals surface area contributed by atoms with Crippen molar-refractivity contribution in [3.05, 3.63) is 60.2 Å². The second kappa shape index (κ2) is 7.10. The van der Waals surface area contributed by atoms with Crippen molar-refractivity contribution < 1.29 is 28.5 Å². The van der Waals surface area contributed by atoms with Gasteiger partial charge in [-0.25, -0.2) is 9.55 Å². The zero-order chi connectivity index (χ0) is 12.1. The first-order valence-corrected chi connectivity index (χ1v) is 5.55. The average molecular weight is 353 g/mol. The molecule has 0 aliphatic carbocycles. The molecule has 0 spiro atoms. The first-order valence-electron chi connectivity index (χ1n) is 5.55. The van der Waals surface area contributed by atoms with Crippen molar-refractivity contribution in [1.29, 1.82) is 0 Å². The lowest BCUT2D eigenvalue weighted by Crippen LogP contribution is -3.00. The Morgan fingerprint density at radius 1 is 1.22 bits per heavy atom. The number of hydrogen-bond donors (Lipinski definition) is 1. The van der Waals surface area contributed by atoms with Crippen molar-refractivity contribution in [2.45, 2.75) is 6.92 Å². The van der Waals surface area contributed by atoms with Crippen molar-refractivity contribution in [2.75, 3.05) is 5.32 Å². The van der Waals surface area contributed by atoms with Crippen molar-refractivity contribution in [3.63, 3.8) is 0 Å². The fourth-order valence-corrected chi connectivity index (χ4v) is 1.46. The van der Waals surface area contributed by atoms with Gasteiger partial charge in [-0.3, -0.25) is 0 Å². The number of halogens is 1. The van der Waals surface area contributed by atoms with Crippen molar-refractivity contribution >= 4 is 11.9 Å². The summed E-state index contributed by atoms with van der Waals surface area (Å²) in [5, 5.41) is 3.15. The fraction of sp³-hybridized carbons (Fsp3) is 0.143. The van der Waals surface area contributed by atoms with Crippen LogP contribution in [0.4, 0.5) is 5.82 Å². The molecule has 0 radical (unpaired) electrons. The summed E-state index contributed by atoms with van der Waals surface area (Å²) in [5.74, 6) is 0.864. The molecule has 2 heterocycles. The van der Waals surface area contributed by atoms with E-state index >= 15 is 0 Å². The molecule has 18 heavy (non-hydrogen) atoms. The topological polar surface area (TPSA) is 28.8 Å². The summed E-state index contributed by atoms with van der Waals surface area (Å²) >= 11 is 0. The van der Waals surface area contributed by atoms with E-state index in [1.54, 1.807) is 6.20 Å². The standard InChI is InChI=1S/C14H15N3.HI/c1-12-3-7-15-14(11-12)16-8-4-13-5-9-17(2)10-6-13;/h3-11H,1-2H3;1H. The van der Waals surface area contributed by atoms with Gasteiger partial charge in [0, 0.05) is 24.5 Å². The summed E-state index contributed by atoms with van der Waals surface area (Å²) in [6.45, 7) is 2.05. The minimum Gasteiger partial charge on any atom is -1.00 e. The van der Waals surface area contributed by atoms with Gasteiger partial charge in [0.2, 0.25) is 0 Å². The normalized spacial score (nSPS) is 10.1. The number of nitrogens with zero attached hydrogens (tertiary/aromatic N) is 2. The SMILES string of the molecule is Cc1ccnc(N/C=C/c2cc[n+](C)cc2)c1.[I-]. The fourth-order valence-electron chi connectivity index (χ4n) is 1.46. The van der Waals surface area contributed by atoms with Crippen LogP contribution in [0, 0.1) is 6.92 Å². The van der Waals surface area contributed by atoms with Gasteiger partial charge in [-0.15, -0.1) is 0 Å². The van der Waals surface area contributed by atoms with Gasteiger partial charge in [-0.2, -0.15) is 0 Å². The minimum absolute atomic E-state index is 0. The molecule has 2 aromatic rings. The second-order valence-corrected chi connectivity index (χ2v) is 3.99. The maximum absolute atomic E-state index is 4.22. The van der Waals surface area contributed by atoms with E-state index in [1.807, 2.05) is 55.3 Å². The summed E-state index contributed by atoms with van der Waals surface area (Å²) in [5.41, 5.74) is 2.35. The third kappa shape index (κ3) is 4.44. The van der Waals surface area contributed by atoms with E-state index in [2.05, 4.69) is 22.4 Å². The van der Waals surface area contributed by atoms with Crippen LogP contribution < -0.4 is 33.9 Å². The molecule has 4 heteroatoms. The van der Waals surface area contributed by atoms with Crippen molar-refractivity contribution in [1.82, 2.24) is 4.98 Å². The number of rotatable bonds is 3. The predicted molar refractivity (Wildman–Crippen MR) is 69.2 cm³/mol. The molecular weight excluding hydrogens is 337 g/mol. The Labute approximate surface area is 125 Å². The largest absolute Gasteiger partial charge is 1.00 e. The van der Waals surface area contributed by atoms with Crippen LogP contribution in [0.3, 0.4) is 0 Å². The van der Waals surface area contributed by atoms with Crippen LogP contribution in [0.2, 0.25) is 0 Å². The van der Waals surface area contributed by atoms with E-state index in [0.29, 0.717) is 0 Å². The van der Waals surface area contributed by atoms with E-state index < -0.39 is 0 Å². The first-order chi connectivity index (χ1) is 8.24. The molecule has 0 aromatic carbocycles. The molecule has 0 bridgehead atoms. The van der Waals surface area contributed by atoms with Crippen LogP contribution in [0.5, 0.6) is 0 Å². The Morgan fingerprint density at radius 3 is 2.61 bits per heavy atom. The molecule has 0 aliphatic rings. The molecule has 94 valence electrons. The van der Waals surface area contributed by atoms with E-state index in [9.17, 15) is 0 Å². The third-order valence-electron chi connectivity index (χ3n) is 2.43. The number of pyridine rings is 2. The summed E-state index contributed by atoms with van der Waals surface area (Å²) in [6.07, 6.45) is 9.75. The molecule has 0 saturated heterocycles. The summed E-state index contributed by atoms with van der Waals surface area (Å²) in [4.78, 5) is 4.22. The predicted octanol–water partition coefficient (Wildman–Crippen LogP) is -0.699. The number of aryl methyl sites for hydroxylation is 2. The molecular formula is C14H16IN3. The van der Waals surface area contributed by atoms with Gasteiger partial charge in [-0.05, 0) is 36.3 Å². The summed E-state index contributed by atoms with van der Waals surface area (Å²) < 4.78 is 2.01. The van der Waals surface area contributed by atoms with Crippen LogP contribution in [-0.2, 0) is 7.05 Å². The van der Waals surface area contributed by atoms with Crippen LogP contribution in [0.25, 0.3) is 6.08 Å². The molecule has 3 nitrogen and oxygen atoms in total. The number of nitrogens with one attached hydrogen (secondary N) is 1. The van der Waals surface area contributed by atoms with E-state index in [1.165, 1.54) is 5.56 Å². The van der Waals surface area contributed by atoms with Gasteiger partial charge in [0.15, 0.2) is 12.4 Å². The van der Waals surface area contributed by atoms with Crippen LogP contribution in [0.15, 0.2) is 49.1 Å². The summed E-state index contributed by atoms with van der Waals surface area (Å²) in [7, 11) is 2.00. The lowest BCUT2D eigenvalue weighted by atomic mass is 10.2. The quantitative estimate of drug-likeness (QED) is 0.584. The van der Waals surface area contributed by atoms with Gasteiger partial charge >= 0.3 is 0 Å². The molecule has 2 aromatic heterocycles. The molecule has 2 rings (SSSR count). The highest BCUT2D eigenvalue weighted by molar-refractivity contribution is 5.52. The Kier molecular flexibility index (Phi) is 5.77. The van der Waals surface area contributed by atoms with Crippen LogP contribution >= 0.6 is 0 Å². The monoisotopic (exact) mass is 353 g/mol. The minimum atomic E-state index is 0. The Morgan fingerprint density at radius 2 is 1.94 bits per heavy atom. The van der Waals surface area contributed by atoms with E-state index in [0.717, 1.165) is 11.4 Å². The number of anilines is 1. The van der Waals surface area contributed by atoms with Crippen LogP contribution in [0.1, 0.15) is 11.1 Å². The smallest absolute Gasteiger partial charge is 0.169 e. The molecule has 0 fully saturated rings. The van der Waals surface area contributed by atoms with Gasteiger partial charge in [0.05, 0.1) is 0 Å². The zero-order valence-electron chi connectivity index (χ0n) is 10.5. The highest BCUT2D eigenvalue weighted by Crippen LogP contribution is 2.06. The van der Waals surface area contributed by atoms with E-state index in [-0.39, 0.29) is 24.0 Å². The molecule has 0 atom stereocenters. The summed E-state index contributed by atoms with van der Waals surface area (Å²) in [6, 6.07) is 8.10. The van der Waals surface area contributed by atoms with Gasteiger partial charge in [-0.1, -0.05) is 0 Å². The highest BCUT2D eigenvalue weighted by Gasteiger charge is 1.92. The molecule has 0 aliphatic heterocycles. The molecule has 0 unspecified atom stereocenters. The van der Waals surface area contributed by atoms with Crippen molar-refractivity contribution in [3.8, 4) is 0 Å². The average Bonchev–Trinajstić information content (AvgIpc) is 2.32. The lowest BCUT2D eigenvalue weighted by Gasteiger charge is -1.99. The van der Waals surface area contributed by atoms with Gasteiger partial charge < -0.3 is 29.3 Å². The maximum atomic E-state index is 4.22. The van der Waals surface area contributed by atoms with E-state index in [4.69, 9.17) is 0 Å². The molecule has 1 N–H and O–H groups in total. The van der Waals surface area contributed by atoms with Gasteiger partial charge in [0.25, 0.3) is 0 Å². The molecule has 0 saturated carbocycles. The lowest BCUT2D eigenvalue weighted by molar-refractivity contribution is -0.671. The zero-order valence-corrected chi connectivity index (χ0v) is 12.6. The third-order valence-corrected chi connectivity index (χ3v) is 2.43. The van der Waals surface area contributed by atoms with Crippen LogP contribution in [-0.4, -0.2) is 4.98 Å². The number of hydrogen-bond acceptors (Lipinski definition) is 2. The Bertz CT molecular complexity index is 521. The second-order valence-electron chi connectivity index (χ2n) is 3.99. The van der Waals surface area contributed by atoms with Crippen molar-refractivity contribution in [2.24, 2.45) is 7.05 Å². The molecule has 0 amide bonds. The number of aromatic nitrogens is 2. The highest BCUT2D eigenvalue weighted by atomic mass is 127. The Balaban J connectivity index is 0.00000162. The Hall–Kier alpha value is -1.43. The van der Waals surface area contributed by atoms with Gasteiger partial charge in [0.1, 0.15) is 12.9 Å². The maximum Gasteiger partial charge on any atom is 0.169 e.